The van der Waals surface area contributed by atoms with Crippen molar-refractivity contribution in [3.63, 3.8) is 0 Å². The standard InChI is InChI=1S/C28H30O6S/c1-20(29)31-19-24-25(30)26(32-17-21-11-5-2-6-12-21)27(33-18-22-13-7-3-8-14-22)28(34-24)35-23-15-9-4-10-16-23/h2-16,24-28,30H,17-19H2,1H3/t24-,25-,26+,27+,28-/m1/s1. The highest BCUT2D eigenvalue weighted by Gasteiger charge is 2.47. The van der Waals surface area contributed by atoms with E-state index in [9.17, 15) is 9.90 Å². The van der Waals surface area contributed by atoms with Crippen LogP contribution in [0.5, 0.6) is 0 Å². The van der Waals surface area contributed by atoms with Gasteiger partial charge in [-0.05, 0) is 23.3 Å². The number of ether oxygens (including phenoxy) is 4. The molecule has 6 nitrogen and oxygen atoms in total. The van der Waals surface area contributed by atoms with Gasteiger partial charge in [-0.2, -0.15) is 0 Å². The van der Waals surface area contributed by atoms with Crippen molar-refractivity contribution >= 4 is 17.7 Å². The second-order valence-corrected chi connectivity index (χ2v) is 9.46. The third-order valence-electron chi connectivity index (χ3n) is 5.64. The summed E-state index contributed by atoms with van der Waals surface area (Å²) < 4.78 is 24.1. The second kappa shape index (κ2) is 12.9. The zero-order valence-electron chi connectivity index (χ0n) is 19.6. The predicted molar refractivity (Wildman–Crippen MR) is 134 cm³/mol. The van der Waals surface area contributed by atoms with Crippen molar-refractivity contribution in [2.75, 3.05) is 6.61 Å². The van der Waals surface area contributed by atoms with E-state index in [1.165, 1.54) is 18.7 Å². The summed E-state index contributed by atoms with van der Waals surface area (Å²) in [6.07, 6.45) is -3.08. The molecule has 7 heteroatoms. The summed E-state index contributed by atoms with van der Waals surface area (Å²) in [5, 5.41) is 11.2. The van der Waals surface area contributed by atoms with Crippen LogP contribution in [0.2, 0.25) is 0 Å². The topological polar surface area (TPSA) is 74.2 Å². The average Bonchev–Trinajstić information content (AvgIpc) is 2.89. The fourth-order valence-electron chi connectivity index (χ4n) is 3.86. The molecule has 0 bridgehead atoms. The number of aliphatic hydroxyl groups excluding tert-OH is 1. The summed E-state index contributed by atoms with van der Waals surface area (Å²) in [6, 6.07) is 29.5. The quantitative estimate of drug-likeness (QED) is 0.413. The van der Waals surface area contributed by atoms with Crippen LogP contribution in [-0.2, 0) is 37.0 Å². The molecule has 3 aromatic rings. The van der Waals surface area contributed by atoms with E-state index >= 15 is 0 Å². The molecule has 1 N–H and O–H groups in total. The average molecular weight is 495 g/mol. The number of rotatable bonds is 10. The lowest BCUT2D eigenvalue weighted by molar-refractivity contribution is -0.239. The van der Waals surface area contributed by atoms with Gasteiger partial charge in [0, 0.05) is 11.8 Å². The molecule has 0 unspecified atom stereocenters. The molecule has 3 aromatic carbocycles. The van der Waals surface area contributed by atoms with Crippen LogP contribution in [0, 0.1) is 0 Å². The molecule has 1 saturated heterocycles. The molecule has 0 aromatic heterocycles. The number of carbonyl (C=O) groups is 1. The Morgan fingerprint density at radius 1 is 0.829 bits per heavy atom. The Morgan fingerprint density at radius 2 is 1.34 bits per heavy atom. The Balaban J connectivity index is 1.58. The molecule has 1 heterocycles. The van der Waals surface area contributed by atoms with Gasteiger partial charge in [0.15, 0.2) is 0 Å². The van der Waals surface area contributed by atoms with Crippen molar-refractivity contribution in [3.05, 3.63) is 102 Å². The summed E-state index contributed by atoms with van der Waals surface area (Å²) in [7, 11) is 0. The van der Waals surface area contributed by atoms with E-state index < -0.39 is 35.8 Å². The van der Waals surface area contributed by atoms with Crippen LogP contribution in [0.25, 0.3) is 0 Å². The van der Waals surface area contributed by atoms with E-state index in [0.29, 0.717) is 13.2 Å². The minimum atomic E-state index is -1.05. The van der Waals surface area contributed by atoms with Gasteiger partial charge in [-0.1, -0.05) is 90.6 Å². The maximum Gasteiger partial charge on any atom is 0.302 e. The van der Waals surface area contributed by atoms with Gasteiger partial charge in [-0.3, -0.25) is 4.79 Å². The smallest absolute Gasteiger partial charge is 0.302 e. The van der Waals surface area contributed by atoms with Gasteiger partial charge in [0.1, 0.15) is 36.5 Å². The molecule has 0 radical (unpaired) electrons. The van der Waals surface area contributed by atoms with E-state index in [1.54, 1.807) is 0 Å². The largest absolute Gasteiger partial charge is 0.463 e. The fourth-order valence-corrected chi connectivity index (χ4v) is 5.00. The Labute approximate surface area is 210 Å². The van der Waals surface area contributed by atoms with Gasteiger partial charge in [-0.15, -0.1) is 0 Å². The lowest BCUT2D eigenvalue weighted by Crippen LogP contribution is -2.59. The number of carbonyl (C=O) groups excluding carboxylic acids is 1. The van der Waals surface area contributed by atoms with E-state index in [1.807, 2.05) is 91.0 Å². The van der Waals surface area contributed by atoms with Crippen LogP contribution >= 0.6 is 11.8 Å². The Kier molecular flexibility index (Phi) is 9.34. The maximum absolute atomic E-state index is 11.5. The second-order valence-electron chi connectivity index (χ2n) is 8.29. The summed E-state index contributed by atoms with van der Waals surface area (Å²) in [4.78, 5) is 12.5. The van der Waals surface area contributed by atoms with Gasteiger partial charge in [0.25, 0.3) is 0 Å². The molecule has 1 fully saturated rings. The maximum atomic E-state index is 11.5. The summed E-state index contributed by atoms with van der Waals surface area (Å²) >= 11 is 1.49. The first-order valence-corrected chi connectivity index (χ1v) is 12.5. The summed E-state index contributed by atoms with van der Waals surface area (Å²) in [6.45, 7) is 1.91. The lowest BCUT2D eigenvalue weighted by Gasteiger charge is -2.44. The molecular weight excluding hydrogens is 464 g/mol. The van der Waals surface area contributed by atoms with Crippen molar-refractivity contribution in [2.45, 2.75) is 54.9 Å². The molecule has 0 amide bonds. The van der Waals surface area contributed by atoms with Crippen molar-refractivity contribution < 1.29 is 28.8 Å². The van der Waals surface area contributed by atoms with E-state index in [2.05, 4.69) is 0 Å². The molecular formula is C28H30O6S. The molecule has 0 spiro atoms. The molecule has 4 rings (SSSR count). The molecule has 35 heavy (non-hydrogen) atoms. The molecule has 0 saturated carbocycles. The normalized spacial score (nSPS) is 24.1. The van der Waals surface area contributed by atoms with E-state index in [4.69, 9.17) is 18.9 Å². The number of esters is 1. The zero-order chi connectivity index (χ0) is 24.5. The number of aliphatic hydroxyl groups is 1. The highest BCUT2D eigenvalue weighted by atomic mass is 32.2. The molecule has 5 atom stereocenters. The number of benzene rings is 3. The van der Waals surface area contributed by atoms with Gasteiger partial charge in [0.2, 0.25) is 0 Å². The Bertz CT molecular complexity index is 1030. The van der Waals surface area contributed by atoms with Crippen molar-refractivity contribution in [2.24, 2.45) is 0 Å². The number of thioether (sulfide) groups is 1. The van der Waals surface area contributed by atoms with E-state index in [-0.39, 0.29) is 6.61 Å². The highest BCUT2D eigenvalue weighted by molar-refractivity contribution is 7.99. The lowest BCUT2D eigenvalue weighted by atomic mass is 9.99. The molecule has 0 aliphatic carbocycles. The number of hydrogen-bond acceptors (Lipinski definition) is 7. The van der Waals surface area contributed by atoms with Gasteiger partial charge in [-0.25, -0.2) is 0 Å². The predicted octanol–water partition coefficient (Wildman–Crippen LogP) is 4.60. The Hall–Kier alpha value is -2.68. The zero-order valence-corrected chi connectivity index (χ0v) is 20.4. The molecule has 1 aliphatic heterocycles. The van der Waals surface area contributed by atoms with Crippen molar-refractivity contribution in [1.29, 1.82) is 0 Å². The van der Waals surface area contributed by atoms with Gasteiger partial charge >= 0.3 is 5.97 Å². The summed E-state index contributed by atoms with van der Waals surface area (Å²) in [5.74, 6) is -0.433. The van der Waals surface area contributed by atoms with Gasteiger partial charge < -0.3 is 24.1 Å². The van der Waals surface area contributed by atoms with E-state index in [0.717, 1.165) is 16.0 Å². The molecule has 184 valence electrons. The van der Waals surface area contributed by atoms with Gasteiger partial charge in [0.05, 0.1) is 13.2 Å². The van der Waals surface area contributed by atoms with Crippen LogP contribution in [0.4, 0.5) is 0 Å². The summed E-state index contributed by atoms with van der Waals surface area (Å²) in [5.41, 5.74) is 1.50. The monoisotopic (exact) mass is 494 g/mol. The minimum Gasteiger partial charge on any atom is -0.463 e. The van der Waals surface area contributed by atoms with Crippen LogP contribution in [-0.4, -0.2) is 47.5 Å². The number of hydrogen-bond donors (Lipinski definition) is 1. The van der Waals surface area contributed by atoms with Crippen molar-refractivity contribution in [1.82, 2.24) is 0 Å². The minimum absolute atomic E-state index is 0.0705. The Morgan fingerprint density at radius 3 is 1.89 bits per heavy atom. The van der Waals surface area contributed by atoms with Crippen LogP contribution < -0.4 is 0 Å². The third-order valence-corrected chi connectivity index (χ3v) is 6.79. The van der Waals surface area contributed by atoms with Crippen LogP contribution in [0.3, 0.4) is 0 Å². The fraction of sp³-hybridized carbons (Fsp3) is 0.321. The highest BCUT2D eigenvalue weighted by Crippen LogP contribution is 2.37. The van der Waals surface area contributed by atoms with Crippen LogP contribution in [0.15, 0.2) is 95.9 Å². The van der Waals surface area contributed by atoms with Crippen molar-refractivity contribution in [3.8, 4) is 0 Å². The molecule has 1 aliphatic rings. The first-order chi connectivity index (χ1) is 17.1. The third kappa shape index (κ3) is 7.40. The van der Waals surface area contributed by atoms with Crippen LogP contribution in [0.1, 0.15) is 18.1 Å². The first kappa shape index (κ1) is 25.4. The first-order valence-electron chi connectivity index (χ1n) is 11.6. The SMILES string of the molecule is CC(=O)OC[C@H]1O[C@H](Sc2ccccc2)[C@@H](OCc2ccccc2)[C@@H](OCc2ccccc2)[C@@H]1O.